The first-order chi connectivity index (χ1) is 8.75. The van der Waals surface area contributed by atoms with Gasteiger partial charge in [-0.2, -0.15) is 0 Å². The average Bonchev–Trinajstić information content (AvgIpc) is 2.80. The Morgan fingerprint density at radius 1 is 1.33 bits per heavy atom. The second kappa shape index (κ2) is 6.73. The summed E-state index contributed by atoms with van der Waals surface area (Å²) in [4.78, 5) is 23.4. The molecule has 2 N–H and O–H groups in total. The summed E-state index contributed by atoms with van der Waals surface area (Å²) in [5.41, 5.74) is 0. The lowest BCUT2D eigenvalue weighted by atomic mass is 10.1. The molecule has 2 aliphatic rings. The molecule has 5 heteroatoms. The van der Waals surface area contributed by atoms with Crippen molar-refractivity contribution in [2.45, 2.75) is 57.1 Å². The summed E-state index contributed by atoms with van der Waals surface area (Å²) in [7, 11) is 0. The van der Waals surface area contributed by atoms with Crippen LogP contribution in [-0.4, -0.2) is 37.1 Å². The molecule has 2 amide bonds. The van der Waals surface area contributed by atoms with E-state index in [2.05, 4.69) is 10.6 Å². The van der Waals surface area contributed by atoms with Gasteiger partial charge in [0.2, 0.25) is 11.8 Å². The van der Waals surface area contributed by atoms with Crippen molar-refractivity contribution in [3.8, 4) is 0 Å². The van der Waals surface area contributed by atoms with Crippen LogP contribution in [0.5, 0.6) is 0 Å². The smallest absolute Gasteiger partial charge is 0.242 e. The number of ether oxygens (including phenoxy) is 1. The van der Waals surface area contributed by atoms with Crippen molar-refractivity contribution < 1.29 is 14.3 Å². The van der Waals surface area contributed by atoms with Gasteiger partial charge in [0.1, 0.15) is 6.04 Å². The molecule has 0 aromatic carbocycles. The predicted octanol–water partition coefficient (Wildman–Crippen LogP) is 0.730. The van der Waals surface area contributed by atoms with Crippen LogP contribution in [0.3, 0.4) is 0 Å². The first-order valence-corrected chi connectivity index (χ1v) is 6.94. The quantitative estimate of drug-likeness (QED) is 0.777. The van der Waals surface area contributed by atoms with Gasteiger partial charge in [0.15, 0.2) is 0 Å². The van der Waals surface area contributed by atoms with E-state index >= 15 is 0 Å². The van der Waals surface area contributed by atoms with E-state index in [0.29, 0.717) is 6.42 Å². The molecule has 0 aliphatic carbocycles. The Hall–Kier alpha value is -1.10. The zero-order valence-electron chi connectivity index (χ0n) is 10.7. The van der Waals surface area contributed by atoms with Crippen LogP contribution in [0.2, 0.25) is 0 Å². The highest BCUT2D eigenvalue weighted by Gasteiger charge is 2.23. The lowest BCUT2D eigenvalue weighted by Gasteiger charge is -2.16. The van der Waals surface area contributed by atoms with Gasteiger partial charge < -0.3 is 15.4 Å². The second-order valence-electron chi connectivity index (χ2n) is 5.08. The highest BCUT2D eigenvalue weighted by Crippen LogP contribution is 2.16. The molecule has 0 radical (unpaired) electrons. The minimum atomic E-state index is -0.343. The van der Waals surface area contributed by atoms with Gasteiger partial charge in [-0.3, -0.25) is 9.59 Å². The maximum absolute atomic E-state index is 11.8. The minimum Gasteiger partial charge on any atom is -0.378 e. The van der Waals surface area contributed by atoms with E-state index in [4.69, 9.17) is 4.74 Å². The molecule has 0 aromatic heterocycles. The van der Waals surface area contributed by atoms with Crippen LogP contribution >= 0.6 is 0 Å². The van der Waals surface area contributed by atoms with Crippen molar-refractivity contribution in [2.75, 3.05) is 13.2 Å². The molecule has 2 atom stereocenters. The maximum atomic E-state index is 11.8. The van der Waals surface area contributed by atoms with Gasteiger partial charge >= 0.3 is 0 Å². The zero-order valence-corrected chi connectivity index (χ0v) is 10.7. The van der Waals surface area contributed by atoms with E-state index in [-0.39, 0.29) is 24.0 Å². The van der Waals surface area contributed by atoms with E-state index in [1.165, 1.54) is 0 Å². The second-order valence-corrected chi connectivity index (χ2v) is 5.08. The molecule has 18 heavy (non-hydrogen) atoms. The van der Waals surface area contributed by atoms with Crippen molar-refractivity contribution in [3.05, 3.63) is 0 Å². The highest BCUT2D eigenvalue weighted by molar-refractivity contribution is 5.87. The molecule has 2 fully saturated rings. The SMILES string of the molecule is O=C(CCC1CCCO1)NC1CCCCNC1=O. The summed E-state index contributed by atoms with van der Waals surface area (Å²) < 4.78 is 5.48. The Morgan fingerprint density at radius 3 is 3.00 bits per heavy atom. The minimum absolute atomic E-state index is 0.0347. The summed E-state index contributed by atoms with van der Waals surface area (Å²) in [5, 5.41) is 5.64. The van der Waals surface area contributed by atoms with Crippen LogP contribution in [-0.2, 0) is 14.3 Å². The number of rotatable bonds is 4. The van der Waals surface area contributed by atoms with Gasteiger partial charge in [0.25, 0.3) is 0 Å². The van der Waals surface area contributed by atoms with E-state index in [1.807, 2.05) is 0 Å². The fourth-order valence-corrected chi connectivity index (χ4v) is 2.51. The lowest BCUT2D eigenvalue weighted by molar-refractivity contribution is -0.129. The number of nitrogens with one attached hydrogen (secondary N) is 2. The fourth-order valence-electron chi connectivity index (χ4n) is 2.51. The number of carbonyl (C=O) groups is 2. The van der Waals surface area contributed by atoms with Crippen LogP contribution in [0.1, 0.15) is 44.9 Å². The molecule has 2 unspecified atom stereocenters. The van der Waals surface area contributed by atoms with Crippen molar-refractivity contribution in [2.24, 2.45) is 0 Å². The molecule has 2 rings (SSSR count). The molecular weight excluding hydrogens is 232 g/mol. The van der Waals surface area contributed by atoms with Crippen LogP contribution in [0, 0.1) is 0 Å². The summed E-state index contributed by atoms with van der Waals surface area (Å²) >= 11 is 0. The largest absolute Gasteiger partial charge is 0.378 e. The van der Waals surface area contributed by atoms with Crippen LogP contribution in [0.15, 0.2) is 0 Å². The summed E-state index contributed by atoms with van der Waals surface area (Å²) in [6, 6.07) is -0.343. The molecule has 0 bridgehead atoms. The summed E-state index contributed by atoms with van der Waals surface area (Å²) in [6.45, 7) is 1.54. The first-order valence-electron chi connectivity index (χ1n) is 6.94. The van der Waals surface area contributed by atoms with Crippen LogP contribution in [0.25, 0.3) is 0 Å². The molecule has 2 saturated heterocycles. The monoisotopic (exact) mass is 254 g/mol. The fraction of sp³-hybridized carbons (Fsp3) is 0.846. The Balaban J connectivity index is 1.70. The van der Waals surface area contributed by atoms with E-state index in [1.54, 1.807) is 0 Å². The standard InChI is InChI=1S/C13H22N2O3/c16-12(7-6-10-4-3-9-18-10)15-11-5-1-2-8-14-13(11)17/h10-11H,1-9H2,(H,14,17)(H,15,16). The van der Waals surface area contributed by atoms with Gasteiger partial charge in [-0.05, 0) is 38.5 Å². The number of hydrogen-bond acceptors (Lipinski definition) is 3. The molecular formula is C13H22N2O3. The number of amides is 2. The zero-order chi connectivity index (χ0) is 12.8. The van der Waals surface area contributed by atoms with Gasteiger partial charge in [0, 0.05) is 19.6 Å². The molecule has 102 valence electrons. The third-order valence-corrected chi connectivity index (χ3v) is 3.59. The molecule has 0 aromatic rings. The van der Waals surface area contributed by atoms with Gasteiger partial charge in [-0.1, -0.05) is 0 Å². The maximum Gasteiger partial charge on any atom is 0.242 e. The molecule has 5 nitrogen and oxygen atoms in total. The van der Waals surface area contributed by atoms with Gasteiger partial charge in [0.05, 0.1) is 6.10 Å². The number of hydrogen-bond donors (Lipinski definition) is 2. The Labute approximate surface area is 108 Å². The van der Waals surface area contributed by atoms with E-state index < -0.39 is 0 Å². The van der Waals surface area contributed by atoms with Gasteiger partial charge in [-0.25, -0.2) is 0 Å². The van der Waals surface area contributed by atoms with Crippen molar-refractivity contribution >= 4 is 11.8 Å². The van der Waals surface area contributed by atoms with Gasteiger partial charge in [-0.15, -0.1) is 0 Å². The first kappa shape index (κ1) is 13.3. The van der Waals surface area contributed by atoms with Crippen molar-refractivity contribution in [1.29, 1.82) is 0 Å². The lowest BCUT2D eigenvalue weighted by Crippen LogP contribution is -2.45. The highest BCUT2D eigenvalue weighted by atomic mass is 16.5. The molecule has 0 saturated carbocycles. The molecule has 0 spiro atoms. The van der Waals surface area contributed by atoms with E-state index in [0.717, 1.165) is 51.7 Å². The Kier molecular flexibility index (Phi) is 4.99. The normalized spacial score (nSPS) is 28.6. The third-order valence-electron chi connectivity index (χ3n) is 3.59. The predicted molar refractivity (Wildman–Crippen MR) is 67.0 cm³/mol. The average molecular weight is 254 g/mol. The Morgan fingerprint density at radius 2 is 2.22 bits per heavy atom. The Bertz CT molecular complexity index is 301. The van der Waals surface area contributed by atoms with Crippen LogP contribution < -0.4 is 10.6 Å². The van der Waals surface area contributed by atoms with E-state index in [9.17, 15) is 9.59 Å². The summed E-state index contributed by atoms with van der Waals surface area (Å²) in [5.74, 6) is -0.0782. The number of carbonyl (C=O) groups excluding carboxylic acids is 2. The third kappa shape index (κ3) is 3.98. The molecule has 2 heterocycles. The van der Waals surface area contributed by atoms with Crippen molar-refractivity contribution in [3.63, 3.8) is 0 Å². The van der Waals surface area contributed by atoms with Crippen LogP contribution in [0.4, 0.5) is 0 Å². The van der Waals surface area contributed by atoms with Crippen molar-refractivity contribution in [1.82, 2.24) is 10.6 Å². The molecule has 2 aliphatic heterocycles. The summed E-state index contributed by atoms with van der Waals surface area (Å²) in [6.07, 6.45) is 6.32. The topological polar surface area (TPSA) is 67.4 Å².